The van der Waals surface area contributed by atoms with Gasteiger partial charge in [-0.3, -0.25) is 4.79 Å². The Hall–Kier alpha value is -1.79. The summed E-state index contributed by atoms with van der Waals surface area (Å²) in [6.07, 6.45) is 3.02. The van der Waals surface area contributed by atoms with Gasteiger partial charge >= 0.3 is 0 Å². The van der Waals surface area contributed by atoms with Crippen LogP contribution in [0.3, 0.4) is 0 Å². The summed E-state index contributed by atoms with van der Waals surface area (Å²) in [5, 5.41) is 4.25. The lowest BCUT2D eigenvalue weighted by Crippen LogP contribution is -2.60. The van der Waals surface area contributed by atoms with Crippen molar-refractivity contribution in [1.82, 2.24) is 10.2 Å². The monoisotopic (exact) mass is 490 g/mol. The van der Waals surface area contributed by atoms with E-state index < -0.39 is 0 Å². The third-order valence-corrected chi connectivity index (χ3v) is 8.13. The first-order chi connectivity index (χ1) is 15.8. The Balaban J connectivity index is 1.59. The van der Waals surface area contributed by atoms with E-state index in [9.17, 15) is 4.79 Å². The van der Waals surface area contributed by atoms with Crippen molar-refractivity contribution in [3.8, 4) is 5.75 Å². The molecular weight excluding hydrogens is 459 g/mol. The van der Waals surface area contributed by atoms with Gasteiger partial charge in [-0.05, 0) is 68.2 Å². The third kappa shape index (κ3) is 5.17. The van der Waals surface area contributed by atoms with E-state index in [0.29, 0.717) is 16.0 Å². The Kier molecular flexibility index (Phi) is 7.54. The Morgan fingerprint density at radius 2 is 2.00 bits per heavy atom. The molecule has 4 rings (SSSR count). The predicted molar refractivity (Wildman–Crippen MR) is 132 cm³/mol. The number of amides is 1. The Morgan fingerprint density at radius 1 is 1.18 bits per heavy atom. The Morgan fingerprint density at radius 3 is 2.73 bits per heavy atom. The SMILES string of the molecule is COc1cccc(C23CCN(C)CC2C(OC)C[C@H](NC(=O)Cc2ccc(Cl)c(Cl)c2)C3)c1. The fourth-order valence-electron chi connectivity index (χ4n) is 5.77. The normalized spacial score (nSPS) is 27.6. The van der Waals surface area contributed by atoms with Gasteiger partial charge in [-0.2, -0.15) is 0 Å². The molecule has 0 spiro atoms. The predicted octanol–water partition coefficient (Wildman–Crippen LogP) is 4.73. The summed E-state index contributed by atoms with van der Waals surface area (Å²) in [7, 11) is 5.66. The van der Waals surface area contributed by atoms with E-state index in [1.54, 1.807) is 26.4 Å². The highest BCUT2D eigenvalue weighted by molar-refractivity contribution is 6.42. The average molecular weight is 491 g/mol. The molecule has 2 aromatic rings. The van der Waals surface area contributed by atoms with Crippen LogP contribution in [0.25, 0.3) is 0 Å². The minimum absolute atomic E-state index is 0.0135. The smallest absolute Gasteiger partial charge is 0.224 e. The summed E-state index contributed by atoms with van der Waals surface area (Å²) in [5.41, 5.74) is 2.03. The van der Waals surface area contributed by atoms with Crippen molar-refractivity contribution in [2.45, 2.75) is 43.2 Å². The first-order valence-electron chi connectivity index (χ1n) is 11.4. The molecular formula is C26H32Cl2N2O3. The van der Waals surface area contributed by atoms with Gasteiger partial charge in [-0.1, -0.05) is 41.4 Å². The van der Waals surface area contributed by atoms with Crippen molar-refractivity contribution >= 4 is 29.1 Å². The van der Waals surface area contributed by atoms with Gasteiger partial charge in [0.15, 0.2) is 0 Å². The number of carbonyl (C=O) groups is 1. The molecule has 1 aliphatic carbocycles. The van der Waals surface area contributed by atoms with E-state index in [1.165, 1.54) is 5.56 Å². The molecule has 4 atom stereocenters. The fourth-order valence-corrected chi connectivity index (χ4v) is 6.09. The highest BCUT2D eigenvalue weighted by Gasteiger charge is 2.52. The van der Waals surface area contributed by atoms with E-state index in [-0.39, 0.29) is 29.9 Å². The van der Waals surface area contributed by atoms with Gasteiger partial charge in [0, 0.05) is 31.0 Å². The molecule has 3 unspecified atom stereocenters. The molecule has 1 N–H and O–H groups in total. The Labute approximate surface area is 206 Å². The number of ether oxygens (including phenoxy) is 2. The highest BCUT2D eigenvalue weighted by atomic mass is 35.5. The second-order valence-corrected chi connectivity index (χ2v) is 10.2. The largest absolute Gasteiger partial charge is 0.497 e. The van der Waals surface area contributed by atoms with Crippen molar-refractivity contribution in [1.29, 1.82) is 0 Å². The number of nitrogens with one attached hydrogen (secondary N) is 1. The lowest BCUT2D eigenvalue weighted by atomic mass is 9.57. The summed E-state index contributed by atoms with van der Waals surface area (Å²) >= 11 is 12.1. The number of hydrogen-bond donors (Lipinski definition) is 1. The molecule has 33 heavy (non-hydrogen) atoms. The zero-order chi connectivity index (χ0) is 23.6. The molecule has 0 radical (unpaired) electrons. The van der Waals surface area contributed by atoms with Crippen LogP contribution in [0.4, 0.5) is 0 Å². The standard InChI is InChI=1S/C26H32Cl2N2O3/c1-30-10-9-26(18-5-4-6-20(13-18)32-2)15-19(14-24(33-3)21(26)16-30)29-25(31)12-17-7-8-22(27)23(28)11-17/h4-8,11,13,19,21,24H,9-10,12,14-16H2,1-3H3,(H,29,31)/t19-,21?,24?,26?/m0/s1. The number of methoxy groups -OCH3 is 2. The van der Waals surface area contributed by atoms with Crippen LogP contribution in [-0.4, -0.2) is 57.3 Å². The molecule has 2 fully saturated rings. The van der Waals surface area contributed by atoms with Crippen molar-refractivity contribution in [2.24, 2.45) is 5.92 Å². The molecule has 1 saturated carbocycles. The van der Waals surface area contributed by atoms with Gasteiger partial charge in [0.2, 0.25) is 5.91 Å². The number of likely N-dealkylation sites (tertiary alicyclic amines) is 1. The Bertz CT molecular complexity index is 1000. The van der Waals surface area contributed by atoms with Gasteiger partial charge < -0.3 is 19.7 Å². The number of carbonyl (C=O) groups excluding carboxylic acids is 1. The first kappa shape index (κ1) is 24.3. The van der Waals surface area contributed by atoms with E-state index in [1.807, 2.05) is 12.1 Å². The summed E-state index contributed by atoms with van der Waals surface area (Å²) in [5.74, 6) is 1.19. The second-order valence-electron chi connectivity index (χ2n) is 9.41. The van der Waals surface area contributed by atoms with Crippen molar-refractivity contribution in [3.05, 3.63) is 63.6 Å². The molecule has 2 aromatic carbocycles. The molecule has 0 aromatic heterocycles. The molecule has 2 aliphatic rings. The van der Waals surface area contributed by atoms with Gasteiger partial charge in [-0.25, -0.2) is 0 Å². The quantitative estimate of drug-likeness (QED) is 0.635. The van der Waals surface area contributed by atoms with Crippen LogP contribution in [0.2, 0.25) is 10.0 Å². The molecule has 0 bridgehead atoms. The van der Waals surface area contributed by atoms with Crippen molar-refractivity contribution in [3.63, 3.8) is 0 Å². The highest BCUT2D eigenvalue weighted by Crippen LogP contribution is 2.50. The molecule has 1 heterocycles. The average Bonchev–Trinajstić information content (AvgIpc) is 2.81. The number of piperidine rings is 1. The van der Waals surface area contributed by atoms with Gasteiger partial charge in [-0.15, -0.1) is 0 Å². The van der Waals surface area contributed by atoms with Crippen LogP contribution in [0, 0.1) is 5.92 Å². The van der Waals surface area contributed by atoms with Gasteiger partial charge in [0.05, 0.1) is 29.7 Å². The number of rotatable bonds is 6. The summed E-state index contributed by atoms with van der Waals surface area (Å²) in [6, 6.07) is 13.8. The van der Waals surface area contributed by atoms with Crippen LogP contribution >= 0.6 is 23.2 Å². The maximum atomic E-state index is 13.0. The summed E-state index contributed by atoms with van der Waals surface area (Å²) in [4.78, 5) is 15.4. The molecule has 5 nitrogen and oxygen atoms in total. The van der Waals surface area contributed by atoms with Crippen LogP contribution in [-0.2, 0) is 21.4 Å². The minimum atomic E-state index is -0.0818. The molecule has 178 valence electrons. The van der Waals surface area contributed by atoms with Crippen LogP contribution in [0.5, 0.6) is 5.75 Å². The topological polar surface area (TPSA) is 50.8 Å². The molecule has 1 saturated heterocycles. The maximum absolute atomic E-state index is 13.0. The van der Waals surface area contributed by atoms with Gasteiger partial charge in [0.1, 0.15) is 5.75 Å². The molecule has 7 heteroatoms. The number of halogens is 2. The van der Waals surface area contributed by atoms with Crippen molar-refractivity contribution in [2.75, 3.05) is 34.4 Å². The summed E-state index contributed by atoms with van der Waals surface area (Å²) in [6.45, 7) is 1.98. The van der Waals surface area contributed by atoms with E-state index in [2.05, 4.69) is 35.5 Å². The maximum Gasteiger partial charge on any atom is 0.224 e. The van der Waals surface area contributed by atoms with Gasteiger partial charge in [0.25, 0.3) is 0 Å². The van der Waals surface area contributed by atoms with E-state index in [0.717, 1.165) is 43.7 Å². The number of fused-ring (bicyclic) bond motifs is 1. The second kappa shape index (κ2) is 10.2. The fraction of sp³-hybridized carbons (Fsp3) is 0.500. The third-order valence-electron chi connectivity index (χ3n) is 7.40. The number of benzene rings is 2. The van der Waals surface area contributed by atoms with Crippen molar-refractivity contribution < 1.29 is 14.3 Å². The number of nitrogens with zero attached hydrogens (tertiary/aromatic N) is 1. The zero-order valence-electron chi connectivity index (χ0n) is 19.4. The molecule has 1 amide bonds. The van der Waals surface area contributed by atoms with Crippen LogP contribution in [0.1, 0.15) is 30.4 Å². The van der Waals surface area contributed by atoms with E-state index in [4.69, 9.17) is 32.7 Å². The van der Waals surface area contributed by atoms with Crippen LogP contribution in [0.15, 0.2) is 42.5 Å². The first-order valence-corrected chi connectivity index (χ1v) is 12.2. The lowest BCUT2D eigenvalue weighted by molar-refractivity contribution is -0.123. The molecule has 1 aliphatic heterocycles. The van der Waals surface area contributed by atoms with E-state index >= 15 is 0 Å². The number of hydrogen-bond acceptors (Lipinski definition) is 4. The zero-order valence-corrected chi connectivity index (χ0v) is 21.0. The lowest BCUT2D eigenvalue weighted by Gasteiger charge is -2.55. The summed E-state index contributed by atoms with van der Waals surface area (Å²) < 4.78 is 11.6. The minimum Gasteiger partial charge on any atom is -0.497 e. The van der Waals surface area contributed by atoms with Crippen LogP contribution < -0.4 is 10.1 Å².